The van der Waals surface area contributed by atoms with Crippen molar-refractivity contribution in [2.24, 2.45) is 0 Å². The Bertz CT molecular complexity index is 1870. The Morgan fingerprint density at radius 2 is 0.900 bits per heavy atom. The van der Waals surface area contributed by atoms with Gasteiger partial charge in [0, 0.05) is 23.0 Å². The molecule has 0 fully saturated rings. The second kappa shape index (κ2) is 15.8. The minimum absolute atomic E-state index is 0.0659. The average molecular weight is 797 g/mol. The number of ether oxygens (including phenoxy) is 2. The second-order valence-corrected chi connectivity index (χ2v) is 16.2. The molecule has 0 radical (unpaired) electrons. The van der Waals surface area contributed by atoms with Crippen LogP contribution in [0.1, 0.15) is 147 Å². The lowest BCUT2D eigenvalue weighted by atomic mass is 9.60. The van der Waals surface area contributed by atoms with Crippen LogP contribution in [0.15, 0.2) is 69.6 Å². The van der Waals surface area contributed by atoms with Crippen LogP contribution in [0.3, 0.4) is 0 Å². The predicted octanol–water partition coefficient (Wildman–Crippen LogP) is 14.3. The van der Waals surface area contributed by atoms with Crippen LogP contribution in [0.2, 0.25) is 0 Å². The molecule has 2 unspecified atom stereocenters. The minimum atomic E-state index is 0.0659. The van der Waals surface area contributed by atoms with Crippen molar-refractivity contribution in [2.75, 3.05) is 14.2 Å². The van der Waals surface area contributed by atoms with Gasteiger partial charge in [0.1, 0.15) is 11.5 Å². The van der Waals surface area contributed by atoms with Crippen molar-refractivity contribution in [3.8, 4) is 11.5 Å². The summed E-state index contributed by atoms with van der Waals surface area (Å²) < 4.78 is 14.2. The van der Waals surface area contributed by atoms with Gasteiger partial charge >= 0.3 is 0 Å². The number of benzene rings is 5. The quantitative estimate of drug-likeness (QED) is 0.0716. The van der Waals surface area contributed by atoms with E-state index in [9.17, 15) is 0 Å². The molecule has 4 heteroatoms. The van der Waals surface area contributed by atoms with Crippen LogP contribution in [-0.2, 0) is 12.8 Å². The van der Waals surface area contributed by atoms with Gasteiger partial charge in [-0.3, -0.25) is 0 Å². The Labute approximate surface area is 316 Å². The van der Waals surface area contributed by atoms with Crippen molar-refractivity contribution in [3.63, 3.8) is 0 Å². The van der Waals surface area contributed by atoms with E-state index < -0.39 is 0 Å². The molecule has 262 valence electrons. The smallest absolute Gasteiger partial charge is 0.138 e. The van der Waals surface area contributed by atoms with Gasteiger partial charge < -0.3 is 9.47 Å². The topological polar surface area (TPSA) is 18.5 Å². The summed E-state index contributed by atoms with van der Waals surface area (Å²) in [7, 11) is 3.57. The van der Waals surface area contributed by atoms with Crippen LogP contribution in [0, 0.1) is 0 Å². The minimum Gasteiger partial charge on any atom is -0.495 e. The molecule has 3 aliphatic carbocycles. The van der Waals surface area contributed by atoms with Gasteiger partial charge in [-0.25, -0.2) is 0 Å². The molecule has 2 atom stereocenters. The molecule has 0 saturated carbocycles. The number of hydrogen-bond donors (Lipinski definition) is 0. The lowest BCUT2D eigenvalue weighted by Gasteiger charge is -2.44. The van der Waals surface area contributed by atoms with E-state index >= 15 is 0 Å². The molecule has 0 heterocycles. The molecule has 0 amide bonds. The molecule has 0 saturated heterocycles. The fraction of sp³-hybridized carbons (Fsp3) is 0.435. The van der Waals surface area contributed by atoms with Crippen molar-refractivity contribution >= 4 is 53.4 Å². The van der Waals surface area contributed by atoms with Crippen LogP contribution in [0.4, 0.5) is 0 Å². The van der Waals surface area contributed by atoms with Gasteiger partial charge in [-0.1, -0.05) is 114 Å². The van der Waals surface area contributed by atoms with Gasteiger partial charge in [0.15, 0.2) is 0 Å². The molecular formula is C46H52Br2O2. The summed E-state index contributed by atoms with van der Waals surface area (Å²) in [5.41, 5.74) is 11.0. The lowest BCUT2D eigenvalue weighted by molar-refractivity contribution is 0.385. The molecule has 0 aromatic heterocycles. The number of fused-ring (bicyclic) bond motifs is 2. The number of halogens is 2. The highest BCUT2D eigenvalue weighted by Crippen LogP contribution is 2.63. The Kier molecular flexibility index (Phi) is 11.3. The monoisotopic (exact) mass is 794 g/mol. The van der Waals surface area contributed by atoms with E-state index in [1.54, 1.807) is 14.2 Å². The predicted molar refractivity (Wildman–Crippen MR) is 219 cm³/mol. The Balaban J connectivity index is 1.35. The van der Waals surface area contributed by atoms with Crippen molar-refractivity contribution < 1.29 is 9.47 Å². The Morgan fingerprint density at radius 3 is 1.30 bits per heavy atom. The van der Waals surface area contributed by atoms with E-state index in [0.29, 0.717) is 0 Å². The molecule has 5 aromatic rings. The summed E-state index contributed by atoms with van der Waals surface area (Å²) in [6.07, 6.45) is 18.2. The van der Waals surface area contributed by atoms with Crippen molar-refractivity contribution in [2.45, 2.75) is 116 Å². The first-order valence-electron chi connectivity index (χ1n) is 19.3. The van der Waals surface area contributed by atoms with Gasteiger partial charge in [0.25, 0.3) is 0 Å². The summed E-state index contributed by atoms with van der Waals surface area (Å²) in [6, 6.07) is 24.0. The van der Waals surface area contributed by atoms with Gasteiger partial charge in [0.2, 0.25) is 0 Å². The standard InChI is InChI=1S/C46H52Br2O2/c1-5-7-9-11-13-15-19-29-23-24-30(20-16-14-12-10-8-6-2)36-26-32-28-38-37(27-31(32)25-35(29)36)39-33-21-17-18-22-34(33)40(38)42-41(39)45(49-3)43(47)44(48)46(42)50-4/h17-18,21-28,39-40H,5-16,19-20H2,1-4H3. The molecule has 0 aliphatic heterocycles. The van der Waals surface area contributed by atoms with E-state index in [4.69, 9.17) is 9.47 Å². The molecule has 2 bridgehead atoms. The third kappa shape index (κ3) is 6.42. The average Bonchev–Trinajstić information content (AvgIpc) is 3.14. The SMILES string of the molecule is CCCCCCCCc1ccc(CCCCCCCC)c2cc3cc4c(cc3cc12)C1c2ccccc2C4c2c(OC)c(Br)c(Br)c(OC)c21. The van der Waals surface area contributed by atoms with Crippen LogP contribution in [0.25, 0.3) is 21.5 Å². The van der Waals surface area contributed by atoms with Gasteiger partial charge in [-0.15, -0.1) is 0 Å². The van der Waals surface area contributed by atoms with Gasteiger partial charge in [0.05, 0.1) is 23.2 Å². The highest BCUT2D eigenvalue weighted by Gasteiger charge is 2.46. The fourth-order valence-corrected chi connectivity index (χ4v) is 10.2. The first-order valence-corrected chi connectivity index (χ1v) is 20.8. The van der Waals surface area contributed by atoms with Crippen LogP contribution < -0.4 is 9.47 Å². The zero-order chi connectivity index (χ0) is 34.8. The van der Waals surface area contributed by atoms with Crippen molar-refractivity contribution in [3.05, 3.63) is 114 Å². The van der Waals surface area contributed by atoms with Crippen LogP contribution >= 0.6 is 31.9 Å². The summed E-state index contributed by atoms with van der Waals surface area (Å²) in [6.45, 7) is 4.60. The van der Waals surface area contributed by atoms with E-state index in [2.05, 4.69) is 106 Å². The number of hydrogen-bond acceptors (Lipinski definition) is 2. The molecule has 3 aliphatic rings. The molecule has 0 N–H and O–H groups in total. The van der Waals surface area contributed by atoms with Crippen molar-refractivity contribution in [1.29, 1.82) is 0 Å². The highest BCUT2D eigenvalue weighted by molar-refractivity contribution is 9.13. The van der Waals surface area contributed by atoms with E-state index in [1.165, 1.54) is 143 Å². The maximum absolute atomic E-state index is 6.18. The number of rotatable bonds is 16. The zero-order valence-corrected chi connectivity index (χ0v) is 33.6. The van der Waals surface area contributed by atoms with Crippen LogP contribution in [0.5, 0.6) is 11.5 Å². The largest absolute Gasteiger partial charge is 0.495 e. The van der Waals surface area contributed by atoms with Gasteiger partial charge in [-0.2, -0.15) is 0 Å². The molecule has 5 aromatic carbocycles. The number of aryl methyl sites for hydroxylation is 2. The third-order valence-electron chi connectivity index (χ3n) is 11.6. The third-order valence-corrected chi connectivity index (χ3v) is 13.6. The maximum atomic E-state index is 6.18. The number of methoxy groups -OCH3 is 2. The van der Waals surface area contributed by atoms with Crippen molar-refractivity contribution in [1.82, 2.24) is 0 Å². The zero-order valence-electron chi connectivity index (χ0n) is 30.4. The summed E-state index contributed by atoms with van der Waals surface area (Å²) in [5.74, 6) is 1.91. The lowest BCUT2D eigenvalue weighted by Crippen LogP contribution is -2.29. The van der Waals surface area contributed by atoms with E-state index in [1.807, 2.05) is 0 Å². The number of unbranched alkanes of at least 4 members (excludes halogenated alkanes) is 10. The molecule has 8 rings (SSSR count). The Hall–Kier alpha value is -2.82. The van der Waals surface area contributed by atoms with E-state index in [-0.39, 0.29) is 11.8 Å². The van der Waals surface area contributed by atoms with Gasteiger partial charge in [-0.05, 0) is 137 Å². The molecule has 50 heavy (non-hydrogen) atoms. The molecule has 0 spiro atoms. The molecular weight excluding hydrogens is 744 g/mol. The maximum Gasteiger partial charge on any atom is 0.138 e. The highest BCUT2D eigenvalue weighted by atomic mass is 79.9. The van der Waals surface area contributed by atoms with E-state index in [0.717, 1.165) is 33.3 Å². The fourth-order valence-electron chi connectivity index (χ4n) is 9.07. The normalized spacial score (nSPS) is 15.7. The summed E-state index contributed by atoms with van der Waals surface area (Å²) >= 11 is 7.73. The summed E-state index contributed by atoms with van der Waals surface area (Å²) in [5, 5.41) is 5.60. The Morgan fingerprint density at radius 1 is 0.500 bits per heavy atom. The second-order valence-electron chi connectivity index (χ2n) is 14.7. The first-order chi connectivity index (χ1) is 24.5. The molecule has 2 nitrogen and oxygen atoms in total. The summed E-state index contributed by atoms with van der Waals surface area (Å²) in [4.78, 5) is 0. The first kappa shape index (κ1) is 35.6. The van der Waals surface area contributed by atoms with Crippen LogP contribution in [-0.4, -0.2) is 14.2 Å².